The summed E-state index contributed by atoms with van der Waals surface area (Å²) >= 11 is 0. The van der Waals surface area contributed by atoms with Crippen molar-refractivity contribution < 1.29 is 17.9 Å². The van der Waals surface area contributed by atoms with Crippen LogP contribution >= 0.6 is 0 Å². The number of amides is 1. The average Bonchev–Trinajstić information content (AvgIpc) is 2.92. The van der Waals surface area contributed by atoms with Crippen LogP contribution in [0.15, 0.2) is 78.9 Å². The number of sulfonamides is 1. The van der Waals surface area contributed by atoms with Crippen LogP contribution in [0.5, 0.6) is 5.75 Å². The zero-order chi connectivity index (χ0) is 26.6. The number of benzene rings is 3. The molecule has 1 atom stereocenters. The largest absolute Gasteiger partial charge is 0.476 e. The molecule has 0 radical (unpaired) electrons. The quantitative estimate of drug-likeness (QED) is 0.421. The number of fused-ring (bicyclic) bond motifs is 1. The van der Waals surface area contributed by atoms with Crippen molar-refractivity contribution in [2.24, 2.45) is 17.8 Å². The minimum absolute atomic E-state index is 0.0800. The van der Waals surface area contributed by atoms with E-state index in [1.165, 1.54) is 48.4 Å². The number of hydrogen-bond donors (Lipinski definition) is 1. The second kappa shape index (κ2) is 9.40. The number of rotatable bonds is 6. The van der Waals surface area contributed by atoms with Crippen molar-refractivity contribution in [3.8, 4) is 5.75 Å². The van der Waals surface area contributed by atoms with Gasteiger partial charge >= 0.3 is 0 Å². The number of nitrogens with one attached hydrogen (secondary N) is 1. The lowest BCUT2D eigenvalue weighted by atomic mass is 9.48. The van der Waals surface area contributed by atoms with Gasteiger partial charge in [-0.25, -0.2) is 8.42 Å². The molecule has 0 aromatic heterocycles. The Labute approximate surface area is 230 Å². The van der Waals surface area contributed by atoms with Crippen LogP contribution in [-0.2, 0) is 26.0 Å². The number of para-hydroxylation sites is 2. The molecular formula is C32H34N2O4S. The number of carbonyl (C=O) groups is 1. The van der Waals surface area contributed by atoms with Crippen LogP contribution in [-0.4, -0.2) is 27.0 Å². The van der Waals surface area contributed by atoms with E-state index in [0.29, 0.717) is 28.1 Å². The molecule has 1 aliphatic heterocycles. The molecule has 3 aromatic carbocycles. The normalized spacial score (nSPS) is 29.0. The molecule has 1 heterocycles. The highest BCUT2D eigenvalue weighted by molar-refractivity contribution is 7.92. The maximum Gasteiger partial charge on any atom is 0.267 e. The van der Waals surface area contributed by atoms with E-state index in [4.69, 9.17) is 4.74 Å². The van der Waals surface area contributed by atoms with Crippen LogP contribution in [0, 0.1) is 17.8 Å². The molecule has 202 valence electrons. The lowest BCUT2D eigenvalue weighted by Gasteiger charge is -2.57. The molecule has 1 N–H and O–H groups in total. The summed E-state index contributed by atoms with van der Waals surface area (Å²) in [6, 6.07) is 24.4. The van der Waals surface area contributed by atoms with Gasteiger partial charge in [0.1, 0.15) is 5.75 Å². The molecule has 5 aliphatic rings. The second-order valence-corrected chi connectivity index (χ2v) is 14.0. The fourth-order valence-electron chi connectivity index (χ4n) is 8.06. The standard InChI is InChI=1S/C32H34N2O4S/c35-31(33-27-12-10-26(11-13-27)32-17-23-14-24(18-32)16-25(15-23)19-32)30-20-34(28-8-4-5-9-29(28)38-30)39(36,37)21-22-6-2-1-3-7-22/h1-13,23-25,30H,14-21H2,(H,33,35)/t23?,24?,25?,30-,32?/m1/s1. The molecule has 0 saturated heterocycles. The predicted molar refractivity (Wildman–Crippen MR) is 152 cm³/mol. The summed E-state index contributed by atoms with van der Waals surface area (Å²) in [5.41, 5.74) is 3.57. The van der Waals surface area contributed by atoms with E-state index in [1.807, 2.05) is 30.3 Å². The van der Waals surface area contributed by atoms with Gasteiger partial charge in [-0.3, -0.25) is 9.10 Å². The Bertz CT molecular complexity index is 1450. The van der Waals surface area contributed by atoms with Crippen LogP contribution in [0.25, 0.3) is 0 Å². The molecule has 39 heavy (non-hydrogen) atoms. The Morgan fingerprint density at radius 2 is 1.46 bits per heavy atom. The van der Waals surface area contributed by atoms with Crippen LogP contribution in [0.1, 0.15) is 49.7 Å². The van der Waals surface area contributed by atoms with Gasteiger partial charge in [-0.1, -0.05) is 54.6 Å². The Kier molecular flexibility index (Phi) is 5.96. The van der Waals surface area contributed by atoms with Crippen molar-refractivity contribution >= 4 is 27.3 Å². The summed E-state index contributed by atoms with van der Waals surface area (Å²) in [5.74, 6) is 2.52. The van der Waals surface area contributed by atoms with Crippen molar-refractivity contribution in [2.75, 3.05) is 16.2 Å². The summed E-state index contributed by atoms with van der Waals surface area (Å²) in [5, 5.41) is 2.98. The molecule has 0 spiro atoms. The molecule has 4 bridgehead atoms. The highest BCUT2D eigenvalue weighted by Crippen LogP contribution is 2.60. The van der Waals surface area contributed by atoms with Gasteiger partial charge in [0.05, 0.1) is 18.0 Å². The topological polar surface area (TPSA) is 75.7 Å². The first kappa shape index (κ1) is 24.7. The Balaban J connectivity index is 1.08. The molecule has 4 saturated carbocycles. The molecule has 4 aliphatic carbocycles. The van der Waals surface area contributed by atoms with Gasteiger partial charge in [0.15, 0.2) is 6.10 Å². The highest BCUT2D eigenvalue weighted by atomic mass is 32.2. The number of hydrogen-bond acceptors (Lipinski definition) is 4. The zero-order valence-corrected chi connectivity index (χ0v) is 22.8. The van der Waals surface area contributed by atoms with E-state index in [1.54, 1.807) is 36.4 Å². The van der Waals surface area contributed by atoms with E-state index >= 15 is 0 Å². The molecule has 7 heteroatoms. The van der Waals surface area contributed by atoms with Crippen molar-refractivity contribution in [1.82, 2.24) is 0 Å². The first-order valence-corrected chi connectivity index (χ1v) is 15.7. The lowest BCUT2D eigenvalue weighted by Crippen LogP contribution is -2.49. The van der Waals surface area contributed by atoms with E-state index in [0.717, 1.165) is 17.8 Å². The van der Waals surface area contributed by atoms with Crippen LogP contribution < -0.4 is 14.4 Å². The first-order chi connectivity index (χ1) is 18.9. The van der Waals surface area contributed by atoms with Gasteiger partial charge in [0.25, 0.3) is 5.91 Å². The zero-order valence-electron chi connectivity index (χ0n) is 22.0. The third-order valence-electron chi connectivity index (χ3n) is 9.36. The monoisotopic (exact) mass is 542 g/mol. The summed E-state index contributed by atoms with van der Waals surface area (Å²) in [7, 11) is -3.74. The average molecular weight is 543 g/mol. The maximum absolute atomic E-state index is 13.5. The SMILES string of the molecule is O=C(Nc1ccc(C23CC4CC(CC(C4)C2)C3)cc1)[C@H]1CN(S(=O)(=O)Cc2ccccc2)c2ccccc2O1. The van der Waals surface area contributed by atoms with Crippen LogP contribution in [0.2, 0.25) is 0 Å². The Morgan fingerprint density at radius 3 is 2.13 bits per heavy atom. The molecule has 1 amide bonds. The molecular weight excluding hydrogens is 508 g/mol. The fraction of sp³-hybridized carbons (Fsp3) is 0.406. The van der Waals surface area contributed by atoms with Crippen molar-refractivity contribution in [3.63, 3.8) is 0 Å². The molecule has 0 unspecified atom stereocenters. The highest BCUT2D eigenvalue weighted by Gasteiger charge is 2.51. The number of carbonyl (C=O) groups excluding carboxylic acids is 1. The summed E-state index contributed by atoms with van der Waals surface area (Å²) in [6.45, 7) is -0.0800. The summed E-state index contributed by atoms with van der Waals surface area (Å²) in [6.07, 6.45) is 7.17. The van der Waals surface area contributed by atoms with Crippen LogP contribution in [0.4, 0.5) is 11.4 Å². The third-order valence-corrected chi connectivity index (χ3v) is 11.1. The smallest absolute Gasteiger partial charge is 0.267 e. The van der Waals surface area contributed by atoms with Gasteiger partial charge in [-0.2, -0.15) is 0 Å². The lowest BCUT2D eigenvalue weighted by molar-refractivity contribution is -0.122. The van der Waals surface area contributed by atoms with Crippen molar-refractivity contribution in [3.05, 3.63) is 90.0 Å². The first-order valence-electron chi connectivity index (χ1n) is 14.1. The number of nitrogens with zero attached hydrogens (tertiary/aromatic N) is 1. The van der Waals surface area contributed by atoms with Crippen molar-refractivity contribution in [2.45, 2.75) is 55.8 Å². The van der Waals surface area contributed by atoms with Gasteiger partial charge in [0, 0.05) is 5.69 Å². The van der Waals surface area contributed by atoms with Gasteiger partial charge in [0.2, 0.25) is 10.0 Å². The third kappa shape index (κ3) is 4.61. The molecule has 8 rings (SSSR count). The number of ether oxygens (including phenoxy) is 1. The fourth-order valence-corrected chi connectivity index (χ4v) is 9.64. The Morgan fingerprint density at radius 1 is 0.846 bits per heavy atom. The minimum atomic E-state index is -3.74. The van der Waals surface area contributed by atoms with Crippen LogP contribution in [0.3, 0.4) is 0 Å². The van der Waals surface area contributed by atoms with E-state index in [2.05, 4.69) is 17.4 Å². The Hall–Kier alpha value is -3.32. The van der Waals surface area contributed by atoms with E-state index < -0.39 is 16.1 Å². The summed E-state index contributed by atoms with van der Waals surface area (Å²) < 4.78 is 34.3. The predicted octanol–water partition coefficient (Wildman–Crippen LogP) is 5.89. The molecule has 4 fully saturated rings. The second-order valence-electron chi connectivity index (χ2n) is 12.1. The summed E-state index contributed by atoms with van der Waals surface area (Å²) in [4.78, 5) is 13.4. The van der Waals surface area contributed by atoms with Gasteiger partial charge in [-0.15, -0.1) is 0 Å². The van der Waals surface area contributed by atoms with E-state index in [9.17, 15) is 13.2 Å². The van der Waals surface area contributed by atoms with Gasteiger partial charge < -0.3 is 10.1 Å². The van der Waals surface area contributed by atoms with Crippen molar-refractivity contribution in [1.29, 1.82) is 0 Å². The molecule has 6 nitrogen and oxygen atoms in total. The van der Waals surface area contributed by atoms with E-state index in [-0.39, 0.29) is 18.2 Å². The minimum Gasteiger partial charge on any atom is -0.476 e. The maximum atomic E-state index is 13.5. The molecule has 3 aromatic rings. The van der Waals surface area contributed by atoms with Gasteiger partial charge in [-0.05, 0) is 97.1 Å². The number of anilines is 2.